The third kappa shape index (κ3) is 5.72. The molecule has 0 amide bonds. The number of hydrogen-bond donors (Lipinski definition) is 8. The van der Waals surface area contributed by atoms with Gasteiger partial charge in [-0.05, 0) is 85.4 Å². The zero-order chi connectivity index (χ0) is 40.1. The molecule has 1 aliphatic heterocycles. The van der Waals surface area contributed by atoms with Crippen LogP contribution in [0, 0.1) is 56.2 Å². The summed E-state index contributed by atoms with van der Waals surface area (Å²) in [7, 11) is 0. The minimum Gasteiger partial charge on any atom is -0.479 e. The van der Waals surface area contributed by atoms with E-state index in [-0.39, 0.29) is 41.1 Å². The van der Waals surface area contributed by atoms with Gasteiger partial charge in [-0.15, -0.1) is 0 Å². The smallest absolute Gasteiger partial charge is 0.335 e. The van der Waals surface area contributed by atoms with E-state index in [1.165, 1.54) is 0 Å². The van der Waals surface area contributed by atoms with Crippen LogP contribution in [-0.2, 0) is 23.8 Å². The third-order valence-corrected chi connectivity index (χ3v) is 16.8. The Morgan fingerprint density at radius 1 is 0.907 bits per heavy atom. The van der Waals surface area contributed by atoms with Crippen LogP contribution in [0.3, 0.4) is 0 Å². The Kier molecular flexibility index (Phi) is 10.9. The van der Waals surface area contributed by atoms with Gasteiger partial charge in [-0.2, -0.15) is 0 Å². The van der Waals surface area contributed by atoms with Gasteiger partial charge in [-0.25, -0.2) is 4.79 Å². The molecule has 5 aliphatic carbocycles. The highest BCUT2D eigenvalue weighted by Crippen LogP contribution is 2.76. The van der Waals surface area contributed by atoms with Crippen molar-refractivity contribution in [1.29, 1.82) is 0 Å². The first-order valence-electron chi connectivity index (χ1n) is 20.1. The second kappa shape index (κ2) is 14.0. The molecule has 0 aromatic rings. The molecule has 13 nitrogen and oxygen atoms in total. The molecule has 0 radical (unpaired) electrons. The lowest BCUT2D eigenvalue weighted by Crippen LogP contribution is -2.72. The molecule has 13 heteroatoms. The van der Waals surface area contributed by atoms with E-state index in [0.717, 1.165) is 12.0 Å². The van der Waals surface area contributed by atoms with Crippen molar-refractivity contribution in [2.45, 2.75) is 162 Å². The molecule has 4 saturated carbocycles. The fourth-order valence-corrected chi connectivity index (χ4v) is 13.1. The summed E-state index contributed by atoms with van der Waals surface area (Å²) in [5.41, 5.74) is -2.79. The molecule has 8 N–H and O–H groups in total. The van der Waals surface area contributed by atoms with E-state index in [1.54, 1.807) is 6.92 Å². The summed E-state index contributed by atoms with van der Waals surface area (Å²) >= 11 is 0. The summed E-state index contributed by atoms with van der Waals surface area (Å²) in [6, 6.07) is 0. The Morgan fingerprint density at radius 3 is 2.17 bits per heavy atom. The fraction of sp³-hybridized carbons (Fsp3) is 0.902. The van der Waals surface area contributed by atoms with Crippen LogP contribution in [0.1, 0.15) is 107 Å². The van der Waals surface area contributed by atoms with Gasteiger partial charge in [0, 0.05) is 10.8 Å². The molecular formula is C41H66O13. The number of allylic oxidation sites excluding steroid dienone is 2. The molecule has 1 saturated heterocycles. The number of fused-ring (bicyclic) bond motifs is 7. The maximum atomic E-state index is 13.0. The zero-order valence-corrected chi connectivity index (χ0v) is 33.3. The van der Waals surface area contributed by atoms with Gasteiger partial charge < -0.3 is 55.1 Å². The van der Waals surface area contributed by atoms with Gasteiger partial charge >= 0.3 is 11.9 Å². The molecule has 6 aliphatic rings. The van der Waals surface area contributed by atoms with Crippen LogP contribution in [0.15, 0.2) is 11.6 Å². The molecular weight excluding hydrogens is 700 g/mol. The van der Waals surface area contributed by atoms with E-state index >= 15 is 0 Å². The van der Waals surface area contributed by atoms with Crippen LogP contribution < -0.4 is 0 Å². The molecule has 1 heterocycles. The van der Waals surface area contributed by atoms with Crippen LogP contribution in [0.25, 0.3) is 0 Å². The van der Waals surface area contributed by atoms with Gasteiger partial charge in [0.1, 0.15) is 30.5 Å². The van der Waals surface area contributed by atoms with E-state index in [0.29, 0.717) is 44.9 Å². The summed E-state index contributed by atoms with van der Waals surface area (Å²) in [4.78, 5) is 24.8. The van der Waals surface area contributed by atoms with E-state index in [2.05, 4.69) is 26.8 Å². The highest BCUT2D eigenvalue weighted by Gasteiger charge is 2.73. The monoisotopic (exact) mass is 766 g/mol. The number of carboxylic acids is 1. The largest absolute Gasteiger partial charge is 0.479 e. The van der Waals surface area contributed by atoms with Crippen LogP contribution in [0.5, 0.6) is 0 Å². The molecule has 0 aromatic heterocycles. The third-order valence-electron chi connectivity index (χ3n) is 16.8. The second-order valence-electron chi connectivity index (χ2n) is 19.7. The van der Waals surface area contributed by atoms with Crippen molar-refractivity contribution in [2.24, 2.45) is 56.2 Å². The molecule has 18 atom stereocenters. The van der Waals surface area contributed by atoms with Gasteiger partial charge in [0.25, 0.3) is 0 Å². The Balaban J connectivity index is 1.32. The number of aliphatic carboxylic acids is 1. The number of esters is 1. The first-order valence-corrected chi connectivity index (χ1v) is 20.1. The van der Waals surface area contributed by atoms with Gasteiger partial charge in [0.2, 0.25) is 0 Å². The van der Waals surface area contributed by atoms with Crippen LogP contribution >= 0.6 is 0 Å². The molecule has 0 aromatic carbocycles. The Morgan fingerprint density at radius 2 is 1.57 bits per heavy atom. The summed E-state index contributed by atoms with van der Waals surface area (Å²) in [6.45, 7) is 15.8. The highest BCUT2D eigenvalue weighted by atomic mass is 16.7. The summed E-state index contributed by atoms with van der Waals surface area (Å²) < 4.78 is 17.8. The van der Waals surface area contributed by atoms with Crippen LogP contribution in [0.4, 0.5) is 0 Å². The van der Waals surface area contributed by atoms with Gasteiger partial charge in [0.05, 0.1) is 36.8 Å². The minimum atomic E-state index is -1.84. The number of carboxylic acid groups (broad SMARTS) is 1. The Bertz CT molecular complexity index is 1480. The highest BCUT2D eigenvalue weighted by molar-refractivity contribution is 5.73. The summed E-state index contributed by atoms with van der Waals surface area (Å²) in [6.07, 6.45) is -5.53. The van der Waals surface area contributed by atoms with E-state index in [9.17, 15) is 50.4 Å². The first kappa shape index (κ1) is 41.9. The number of aliphatic hydroxyl groups excluding tert-OH is 7. The molecule has 0 bridgehead atoms. The van der Waals surface area contributed by atoms with Gasteiger partial charge in [0.15, 0.2) is 12.4 Å². The number of aliphatic hydroxyl groups is 7. The topological polar surface area (TPSA) is 224 Å². The Hall–Kier alpha value is -1.68. The minimum absolute atomic E-state index is 0.0571. The first-order chi connectivity index (χ1) is 25.0. The maximum Gasteiger partial charge on any atom is 0.335 e. The Labute approximate surface area is 319 Å². The van der Waals surface area contributed by atoms with Crippen molar-refractivity contribution in [3.8, 4) is 0 Å². The molecule has 54 heavy (non-hydrogen) atoms. The van der Waals surface area contributed by atoms with E-state index < -0.39 is 95.3 Å². The molecule has 0 unspecified atom stereocenters. The average molecular weight is 767 g/mol. The number of carbonyl (C=O) groups is 2. The average Bonchev–Trinajstić information content (AvgIpc) is 3.10. The SMILES string of the molecule is CC[C@H](C)C(=O)O[C@H]1[C@H](O)[C@@]2(CO)[C@H](CC1(C)C)C1=CC[C@@H]3[C@@]4(C)CC[C@H](O[C@@H]5O[C@H](C(=O)O)[C@@H](O)[C@H](O)[C@H]5O)[C@@](C)(CO)[C@@H]4CC[C@@]3(C)[C@]1(C)C[C@@H]2O. The van der Waals surface area contributed by atoms with Gasteiger partial charge in [-0.3, -0.25) is 4.79 Å². The van der Waals surface area contributed by atoms with E-state index in [1.807, 2.05) is 27.7 Å². The van der Waals surface area contributed by atoms with E-state index in [4.69, 9.17) is 14.2 Å². The summed E-state index contributed by atoms with van der Waals surface area (Å²) in [5.74, 6) is -2.54. The lowest BCUT2D eigenvalue weighted by molar-refractivity contribution is -0.328. The number of rotatable bonds is 8. The predicted molar refractivity (Wildman–Crippen MR) is 194 cm³/mol. The van der Waals surface area contributed by atoms with Gasteiger partial charge in [-0.1, -0.05) is 67.0 Å². The van der Waals surface area contributed by atoms with Crippen molar-refractivity contribution in [3.05, 3.63) is 11.6 Å². The second-order valence-corrected chi connectivity index (χ2v) is 19.7. The lowest BCUT2D eigenvalue weighted by Gasteiger charge is -2.72. The molecule has 0 spiro atoms. The standard InChI is InChI=1S/C41H66O13/c1-9-20(2)34(51)54-32-31(48)41(19-43)22(16-36(32,3)4)21-10-11-24-37(5)14-13-26(52-35-29(47)27(45)28(46)30(53-35)33(49)50)38(6,18-42)23(37)12-15-39(24,7)40(21,8)17-25(41)44/h10,20,22-32,35,42-48H,9,11-19H2,1-8H3,(H,49,50)/t20-,22+,23+,24+,25-,26-,27-,28-,29+,30-,31-,32-,35+,37-,38-,39+,40+,41-/m0/s1. The zero-order valence-electron chi connectivity index (χ0n) is 33.3. The normalized spacial score (nSPS) is 51.7. The molecule has 6 rings (SSSR count). The van der Waals surface area contributed by atoms with Crippen LogP contribution in [-0.4, -0.2) is 121 Å². The summed E-state index contributed by atoms with van der Waals surface area (Å²) in [5, 5.41) is 87.8. The van der Waals surface area contributed by atoms with Crippen LogP contribution in [0.2, 0.25) is 0 Å². The maximum absolute atomic E-state index is 13.0. The molecule has 5 fully saturated rings. The lowest BCUT2D eigenvalue weighted by atomic mass is 9.33. The molecule has 308 valence electrons. The van der Waals surface area contributed by atoms with Crippen molar-refractivity contribution >= 4 is 11.9 Å². The number of hydrogen-bond acceptors (Lipinski definition) is 12. The number of carbonyl (C=O) groups excluding carboxylic acids is 1. The van der Waals surface area contributed by atoms with Crippen molar-refractivity contribution in [2.75, 3.05) is 13.2 Å². The predicted octanol–water partition coefficient (Wildman–Crippen LogP) is 2.54. The van der Waals surface area contributed by atoms with Crippen molar-refractivity contribution < 1.29 is 64.7 Å². The fourth-order valence-electron chi connectivity index (χ4n) is 13.1. The van der Waals surface area contributed by atoms with Crippen molar-refractivity contribution in [1.82, 2.24) is 0 Å². The number of ether oxygens (including phenoxy) is 3. The quantitative estimate of drug-likeness (QED) is 0.101. The van der Waals surface area contributed by atoms with Crippen molar-refractivity contribution in [3.63, 3.8) is 0 Å².